The van der Waals surface area contributed by atoms with Gasteiger partial charge in [0.1, 0.15) is 0 Å². The van der Waals surface area contributed by atoms with Gasteiger partial charge in [0.05, 0.1) is 12.1 Å². The summed E-state index contributed by atoms with van der Waals surface area (Å²) in [6.07, 6.45) is 5.76. The fourth-order valence-electron chi connectivity index (χ4n) is 2.88. The molecular formula is C19H23N3O. The molecule has 0 radical (unpaired) electrons. The minimum absolute atomic E-state index is 0.000191. The van der Waals surface area contributed by atoms with Crippen LogP contribution >= 0.6 is 0 Å². The molecule has 4 heteroatoms. The van der Waals surface area contributed by atoms with Gasteiger partial charge in [0, 0.05) is 18.4 Å². The Morgan fingerprint density at radius 2 is 1.83 bits per heavy atom. The number of hydrogen-bond acceptors (Lipinski definition) is 2. The fraction of sp³-hybridized carbons (Fsp3) is 0.368. The van der Waals surface area contributed by atoms with E-state index in [1.165, 1.54) is 0 Å². The van der Waals surface area contributed by atoms with Crippen molar-refractivity contribution in [2.24, 2.45) is 0 Å². The molecule has 0 bridgehead atoms. The Kier molecular flexibility index (Phi) is 4.60. The van der Waals surface area contributed by atoms with Gasteiger partial charge in [-0.25, -0.2) is 4.79 Å². The Hall–Kier alpha value is -2.36. The van der Waals surface area contributed by atoms with Gasteiger partial charge in [-0.3, -0.25) is 4.98 Å². The minimum atomic E-state index is -0.00829. The molecule has 0 aliphatic heterocycles. The normalized spacial score (nSPS) is 16.4. The zero-order valence-corrected chi connectivity index (χ0v) is 13.6. The number of hydrogen-bond donors (Lipinski definition) is 1. The van der Waals surface area contributed by atoms with E-state index < -0.39 is 0 Å². The molecular weight excluding hydrogens is 286 g/mol. The smallest absolute Gasteiger partial charge is 0.318 e. The van der Waals surface area contributed by atoms with Crippen LogP contribution in [0.3, 0.4) is 0 Å². The fourth-order valence-corrected chi connectivity index (χ4v) is 2.88. The van der Waals surface area contributed by atoms with Crippen molar-refractivity contribution in [3.8, 4) is 0 Å². The molecule has 1 fully saturated rings. The molecule has 1 aromatic heterocycles. The van der Waals surface area contributed by atoms with Crippen LogP contribution in [0.1, 0.15) is 49.9 Å². The number of nitrogens with zero attached hydrogens (tertiary/aromatic N) is 2. The zero-order chi connectivity index (χ0) is 16.2. The highest BCUT2D eigenvalue weighted by molar-refractivity contribution is 5.76. The number of aromatic nitrogens is 1. The van der Waals surface area contributed by atoms with Crippen molar-refractivity contribution >= 4 is 6.03 Å². The molecule has 1 aromatic carbocycles. The molecule has 1 aliphatic rings. The van der Waals surface area contributed by atoms with Crippen molar-refractivity contribution < 1.29 is 4.79 Å². The van der Waals surface area contributed by atoms with E-state index in [-0.39, 0.29) is 18.1 Å². The van der Waals surface area contributed by atoms with Crippen molar-refractivity contribution in [3.63, 3.8) is 0 Å². The monoisotopic (exact) mass is 309 g/mol. The summed E-state index contributed by atoms with van der Waals surface area (Å²) in [5.74, 6) is 0. The van der Waals surface area contributed by atoms with Gasteiger partial charge >= 0.3 is 6.03 Å². The molecule has 0 unspecified atom stereocenters. The lowest BCUT2D eigenvalue weighted by Crippen LogP contribution is -2.43. The SMILES string of the molecule is C[C@H](NC(=O)N(C1CC1)[C@H](C)c1cccnc1)c1ccccc1. The molecule has 2 amide bonds. The Bertz CT molecular complexity index is 640. The number of rotatable bonds is 5. The van der Waals surface area contributed by atoms with Gasteiger partial charge in [-0.2, -0.15) is 0 Å². The second kappa shape index (κ2) is 6.82. The van der Waals surface area contributed by atoms with Crippen LogP contribution in [0.2, 0.25) is 0 Å². The average Bonchev–Trinajstić information content (AvgIpc) is 3.41. The van der Waals surface area contributed by atoms with Gasteiger partial charge in [0.15, 0.2) is 0 Å². The van der Waals surface area contributed by atoms with Gasteiger partial charge in [0.2, 0.25) is 0 Å². The van der Waals surface area contributed by atoms with Gasteiger partial charge in [-0.15, -0.1) is 0 Å². The summed E-state index contributed by atoms with van der Waals surface area (Å²) in [5.41, 5.74) is 2.19. The number of urea groups is 1. The Labute approximate surface area is 137 Å². The van der Waals surface area contributed by atoms with Crippen LogP contribution in [-0.2, 0) is 0 Å². The van der Waals surface area contributed by atoms with E-state index in [4.69, 9.17) is 0 Å². The van der Waals surface area contributed by atoms with E-state index >= 15 is 0 Å². The third kappa shape index (κ3) is 3.70. The van der Waals surface area contributed by atoms with Crippen LogP contribution in [0.4, 0.5) is 4.79 Å². The summed E-state index contributed by atoms with van der Waals surface area (Å²) >= 11 is 0. The maximum Gasteiger partial charge on any atom is 0.318 e. The average molecular weight is 309 g/mol. The molecule has 1 saturated carbocycles. The largest absolute Gasteiger partial charge is 0.331 e. The Morgan fingerprint density at radius 3 is 2.43 bits per heavy atom. The lowest BCUT2D eigenvalue weighted by Gasteiger charge is -2.31. The summed E-state index contributed by atoms with van der Waals surface area (Å²) in [6, 6.07) is 14.4. The van der Waals surface area contributed by atoms with Crippen LogP contribution in [0.25, 0.3) is 0 Å². The maximum atomic E-state index is 12.8. The van der Waals surface area contributed by atoms with E-state index in [2.05, 4.69) is 17.2 Å². The van der Waals surface area contributed by atoms with Crippen molar-refractivity contribution in [3.05, 3.63) is 66.0 Å². The highest BCUT2D eigenvalue weighted by Crippen LogP contribution is 2.34. The maximum absolute atomic E-state index is 12.8. The second-order valence-corrected chi connectivity index (χ2v) is 6.18. The molecule has 120 valence electrons. The minimum Gasteiger partial charge on any atom is -0.331 e. The summed E-state index contributed by atoms with van der Waals surface area (Å²) in [6.45, 7) is 4.09. The molecule has 2 atom stereocenters. The molecule has 1 heterocycles. The first-order valence-corrected chi connectivity index (χ1v) is 8.20. The molecule has 23 heavy (non-hydrogen) atoms. The second-order valence-electron chi connectivity index (χ2n) is 6.18. The Morgan fingerprint density at radius 1 is 1.13 bits per heavy atom. The lowest BCUT2D eigenvalue weighted by atomic mass is 10.1. The highest BCUT2D eigenvalue weighted by atomic mass is 16.2. The number of nitrogens with one attached hydrogen (secondary N) is 1. The van der Waals surface area contributed by atoms with E-state index in [9.17, 15) is 4.79 Å². The van der Waals surface area contributed by atoms with Crippen molar-refractivity contribution in [2.75, 3.05) is 0 Å². The van der Waals surface area contributed by atoms with E-state index in [1.807, 2.05) is 60.5 Å². The van der Waals surface area contributed by atoms with Crippen molar-refractivity contribution in [1.29, 1.82) is 0 Å². The summed E-state index contributed by atoms with van der Waals surface area (Å²) in [7, 11) is 0. The first kappa shape index (κ1) is 15.5. The van der Waals surface area contributed by atoms with Crippen LogP contribution < -0.4 is 5.32 Å². The molecule has 0 spiro atoms. The molecule has 2 aromatic rings. The third-order valence-electron chi connectivity index (χ3n) is 4.40. The van der Waals surface area contributed by atoms with Crippen LogP contribution in [0, 0.1) is 0 Å². The van der Waals surface area contributed by atoms with Gasteiger partial charge in [-0.1, -0.05) is 36.4 Å². The number of carbonyl (C=O) groups is 1. The van der Waals surface area contributed by atoms with Gasteiger partial charge in [0.25, 0.3) is 0 Å². The standard InChI is InChI=1S/C19H23N3O/c1-14(16-7-4-3-5-8-16)21-19(23)22(18-10-11-18)15(2)17-9-6-12-20-13-17/h3-9,12-15,18H,10-11H2,1-2H3,(H,21,23)/t14-,15+/m0/s1. The van der Waals surface area contributed by atoms with Gasteiger partial charge < -0.3 is 10.2 Å². The molecule has 4 nitrogen and oxygen atoms in total. The lowest BCUT2D eigenvalue weighted by molar-refractivity contribution is 0.172. The summed E-state index contributed by atoms with van der Waals surface area (Å²) in [4.78, 5) is 19.0. The third-order valence-corrected chi connectivity index (χ3v) is 4.40. The van der Waals surface area contributed by atoms with E-state index in [0.717, 1.165) is 24.0 Å². The van der Waals surface area contributed by atoms with Crippen molar-refractivity contribution in [2.45, 2.75) is 44.8 Å². The first-order valence-electron chi connectivity index (χ1n) is 8.20. The quantitative estimate of drug-likeness (QED) is 0.904. The number of amides is 2. The molecule has 0 saturated heterocycles. The summed E-state index contributed by atoms with van der Waals surface area (Å²) in [5, 5.41) is 3.13. The molecule has 1 aliphatic carbocycles. The number of pyridine rings is 1. The molecule has 3 rings (SSSR count). The Balaban J connectivity index is 1.72. The zero-order valence-electron chi connectivity index (χ0n) is 13.6. The molecule has 1 N–H and O–H groups in total. The van der Waals surface area contributed by atoms with Crippen molar-refractivity contribution in [1.82, 2.24) is 15.2 Å². The summed E-state index contributed by atoms with van der Waals surface area (Å²) < 4.78 is 0. The predicted molar refractivity (Wildman–Crippen MR) is 90.9 cm³/mol. The number of benzene rings is 1. The topological polar surface area (TPSA) is 45.2 Å². The number of carbonyl (C=O) groups excluding carboxylic acids is 1. The highest BCUT2D eigenvalue weighted by Gasteiger charge is 2.36. The van der Waals surface area contributed by atoms with Gasteiger partial charge in [-0.05, 0) is 43.9 Å². The van der Waals surface area contributed by atoms with Crippen LogP contribution in [0.15, 0.2) is 54.9 Å². The van der Waals surface area contributed by atoms with Crippen LogP contribution in [0.5, 0.6) is 0 Å². The van der Waals surface area contributed by atoms with E-state index in [0.29, 0.717) is 6.04 Å². The predicted octanol–water partition coefficient (Wildman–Crippen LogP) is 4.08. The first-order chi connectivity index (χ1) is 11.2. The van der Waals surface area contributed by atoms with E-state index in [1.54, 1.807) is 6.20 Å². The van der Waals surface area contributed by atoms with Crippen LogP contribution in [-0.4, -0.2) is 22.0 Å².